The van der Waals surface area contributed by atoms with E-state index in [0.717, 1.165) is 12.1 Å². The van der Waals surface area contributed by atoms with Crippen molar-refractivity contribution < 1.29 is 9.13 Å². The van der Waals surface area contributed by atoms with Crippen molar-refractivity contribution in [1.29, 1.82) is 5.41 Å². The minimum atomic E-state index is -0.331. The molecule has 98 valence electrons. The highest BCUT2D eigenvalue weighted by molar-refractivity contribution is 9.10. The summed E-state index contributed by atoms with van der Waals surface area (Å²) >= 11 is 3.17. The lowest BCUT2D eigenvalue weighted by Gasteiger charge is -2.32. The first kappa shape index (κ1) is 13.5. The third-order valence-corrected chi connectivity index (χ3v) is 3.50. The zero-order chi connectivity index (χ0) is 13.1. The van der Waals surface area contributed by atoms with Gasteiger partial charge in [0.1, 0.15) is 17.8 Å². The SMILES string of the molecule is N=C(N)C1CN(Cc2ccc(F)c(Br)c2)CCO1. The minimum absolute atomic E-state index is 0.0555. The number of hydrogen-bond acceptors (Lipinski definition) is 3. The Balaban J connectivity index is 2.00. The van der Waals surface area contributed by atoms with Gasteiger partial charge in [0.05, 0.1) is 11.1 Å². The maximum absolute atomic E-state index is 13.1. The summed E-state index contributed by atoms with van der Waals surface area (Å²) in [5, 5.41) is 7.39. The average Bonchev–Trinajstić information content (AvgIpc) is 2.34. The Morgan fingerprint density at radius 1 is 1.61 bits per heavy atom. The Bertz CT molecular complexity index is 455. The lowest BCUT2D eigenvalue weighted by atomic mass is 10.2. The van der Waals surface area contributed by atoms with Crippen LogP contribution in [0.15, 0.2) is 22.7 Å². The third-order valence-electron chi connectivity index (χ3n) is 2.89. The minimum Gasteiger partial charge on any atom is -0.385 e. The third kappa shape index (κ3) is 3.28. The Morgan fingerprint density at radius 3 is 3.06 bits per heavy atom. The summed E-state index contributed by atoms with van der Waals surface area (Å²) in [6.07, 6.45) is -0.331. The number of nitrogens with one attached hydrogen (secondary N) is 1. The summed E-state index contributed by atoms with van der Waals surface area (Å²) in [6, 6.07) is 4.98. The molecule has 1 saturated heterocycles. The second-order valence-electron chi connectivity index (χ2n) is 4.30. The normalized spacial score (nSPS) is 20.9. The highest BCUT2D eigenvalue weighted by Gasteiger charge is 2.22. The number of amidine groups is 1. The molecule has 0 radical (unpaired) electrons. The van der Waals surface area contributed by atoms with Gasteiger partial charge in [0.2, 0.25) is 0 Å². The topological polar surface area (TPSA) is 62.3 Å². The van der Waals surface area contributed by atoms with E-state index in [1.165, 1.54) is 6.07 Å². The van der Waals surface area contributed by atoms with Crippen LogP contribution >= 0.6 is 15.9 Å². The number of nitrogens with two attached hydrogens (primary N) is 1. The molecule has 0 aromatic heterocycles. The van der Waals surface area contributed by atoms with Crippen molar-refractivity contribution in [3.8, 4) is 0 Å². The van der Waals surface area contributed by atoms with Crippen LogP contribution in [0.1, 0.15) is 5.56 Å². The van der Waals surface area contributed by atoms with Gasteiger partial charge in [-0.15, -0.1) is 0 Å². The van der Waals surface area contributed by atoms with Gasteiger partial charge in [-0.3, -0.25) is 10.3 Å². The van der Waals surface area contributed by atoms with Gasteiger partial charge < -0.3 is 10.5 Å². The highest BCUT2D eigenvalue weighted by Crippen LogP contribution is 2.18. The molecule has 1 fully saturated rings. The molecule has 0 spiro atoms. The molecule has 0 amide bonds. The van der Waals surface area contributed by atoms with Gasteiger partial charge >= 0.3 is 0 Å². The summed E-state index contributed by atoms with van der Waals surface area (Å²) < 4.78 is 19.0. The van der Waals surface area contributed by atoms with Gasteiger partial charge in [0.25, 0.3) is 0 Å². The van der Waals surface area contributed by atoms with Crippen molar-refractivity contribution >= 4 is 21.8 Å². The molecule has 2 rings (SSSR count). The van der Waals surface area contributed by atoms with Crippen molar-refractivity contribution in [2.24, 2.45) is 5.73 Å². The van der Waals surface area contributed by atoms with Crippen LogP contribution in [-0.2, 0) is 11.3 Å². The van der Waals surface area contributed by atoms with Gasteiger partial charge in [-0.1, -0.05) is 6.07 Å². The Morgan fingerprint density at radius 2 is 2.39 bits per heavy atom. The van der Waals surface area contributed by atoms with Gasteiger partial charge in [-0.25, -0.2) is 4.39 Å². The maximum Gasteiger partial charge on any atom is 0.137 e. The van der Waals surface area contributed by atoms with E-state index in [2.05, 4.69) is 20.8 Å². The molecule has 3 N–H and O–H groups in total. The van der Waals surface area contributed by atoms with Gasteiger partial charge in [0, 0.05) is 19.6 Å². The molecule has 0 aliphatic carbocycles. The van der Waals surface area contributed by atoms with Gasteiger partial charge in [-0.2, -0.15) is 0 Å². The van der Waals surface area contributed by atoms with Crippen molar-refractivity contribution in [2.45, 2.75) is 12.6 Å². The molecule has 6 heteroatoms. The van der Waals surface area contributed by atoms with Crippen LogP contribution < -0.4 is 5.73 Å². The molecule has 1 aromatic rings. The first-order valence-corrected chi connectivity index (χ1v) is 6.47. The van der Waals surface area contributed by atoms with Crippen LogP contribution in [0, 0.1) is 11.2 Å². The van der Waals surface area contributed by atoms with Crippen LogP contribution in [0.3, 0.4) is 0 Å². The molecule has 1 aromatic carbocycles. The lowest BCUT2D eigenvalue weighted by Crippen LogP contribution is -2.47. The largest absolute Gasteiger partial charge is 0.385 e. The van der Waals surface area contributed by atoms with Crippen molar-refractivity contribution in [3.63, 3.8) is 0 Å². The number of benzene rings is 1. The average molecular weight is 316 g/mol. The smallest absolute Gasteiger partial charge is 0.137 e. The number of hydrogen-bond donors (Lipinski definition) is 2. The molecular formula is C12H15BrFN3O. The standard InChI is InChI=1S/C12H15BrFN3O/c13-9-5-8(1-2-10(9)14)6-17-3-4-18-11(7-17)12(15)16/h1-2,5,11H,3-4,6-7H2,(H3,15,16). The first-order valence-electron chi connectivity index (χ1n) is 5.68. The summed E-state index contributed by atoms with van der Waals surface area (Å²) in [7, 11) is 0. The van der Waals surface area contributed by atoms with Crippen LogP contribution in [-0.4, -0.2) is 36.5 Å². The zero-order valence-electron chi connectivity index (χ0n) is 9.83. The summed E-state index contributed by atoms with van der Waals surface area (Å²) in [5.74, 6) is -0.206. The molecule has 1 atom stereocenters. The van der Waals surface area contributed by atoms with E-state index >= 15 is 0 Å². The molecule has 1 aliphatic heterocycles. The predicted molar refractivity (Wildman–Crippen MR) is 71.0 cm³/mol. The summed E-state index contributed by atoms with van der Waals surface area (Å²) in [6.45, 7) is 2.65. The fraction of sp³-hybridized carbons (Fsp3) is 0.417. The molecule has 0 saturated carbocycles. The monoisotopic (exact) mass is 315 g/mol. The molecule has 1 heterocycles. The van der Waals surface area contributed by atoms with Crippen molar-refractivity contribution in [1.82, 2.24) is 4.90 Å². The maximum atomic E-state index is 13.1. The fourth-order valence-corrected chi connectivity index (χ4v) is 2.36. The Kier molecular flexibility index (Phi) is 4.31. The molecule has 1 unspecified atom stereocenters. The van der Waals surface area contributed by atoms with E-state index in [4.69, 9.17) is 15.9 Å². The van der Waals surface area contributed by atoms with E-state index in [1.54, 1.807) is 12.1 Å². The number of halogens is 2. The van der Waals surface area contributed by atoms with Crippen LogP contribution in [0.5, 0.6) is 0 Å². The van der Waals surface area contributed by atoms with Crippen LogP contribution in [0.4, 0.5) is 4.39 Å². The molecule has 0 bridgehead atoms. The molecular weight excluding hydrogens is 301 g/mol. The number of nitrogens with zero attached hydrogens (tertiary/aromatic N) is 1. The number of rotatable bonds is 3. The van der Waals surface area contributed by atoms with E-state index in [1.807, 2.05) is 0 Å². The number of ether oxygens (including phenoxy) is 1. The van der Waals surface area contributed by atoms with E-state index < -0.39 is 0 Å². The van der Waals surface area contributed by atoms with Crippen molar-refractivity contribution in [3.05, 3.63) is 34.1 Å². The van der Waals surface area contributed by atoms with Gasteiger partial charge in [0.15, 0.2) is 0 Å². The fourth-order valence-electron chi connectivity index (χ4n) is 1.93. The molecule has 4 nitrogen and oxygen atoms in total. The Labute approximate surface area is 114 Å². The van der Waals surface area contributed by atoms with E-state index in [0.29, 0.717) is 24.2 Å². The molecule has 18 heavy (non-hydrogen) atoms. The Hall–Kier alpha value is -0.980. The van der Waals surface area contributed by atoms with Crippen LogP contribution in [0.2, 0.25) is 0 Å². The quantitative estimate of drug-likeness (QED) is 0.659. The summed E-state index contributed by atoms with van der Waals surface area (Å²) in [4.78, 5) is 2.15. The second-order valence-corrected chi connectivity index (χ2v) is 5.15. The zero-order valence-corrected chi connectivity index (χ0v) is 11.4. The number of morpholine rings is 1. The van der Waals surface area contributed by atoms with Gasteiger partial charge in [-0.05, 0) is 33.6 Å². The summed E-state index contributed by atoms with van der Waals surface area (Å²) in [5.41, 5.74) is 6.46. The highest BCUT2D eigenvalue weighted by atomic mass is 79.9. The lowest BCUT2D eigenvalue weighted by molar-refractivity contribution is 0.00235. The first-order chi connectivity index (χ1) is 8.56. The van der Waals surface area contributed by atoms with Crippen molar-refractivity contribution in [2.75, 3.05) is 19.7 Å². The second kappa shape index (κ2) is 5.77. The predicted octanol–water partition coefficient (Wildman–Crippen LogP) is 1.72. The molecule has 1 aliphatic rings. The van der Waals surface area contributed by atoms with E-state index in [9.17, 15) is 4.39 Å². The van der Waals surface area contributed by atoms with E-state index in [-0.39, 0.29) is 17.8 Å². The van der Waals surface area contributed by atoms with Crippen LogP contribution in [0.25, 0.3) is 0 Å².